The number of carbonyl (C=O) groups is 1. The van der Waals surface area contributed by atoms with E-state index in [2.05, 4.69) is 15.6 Å². The van der Waals surface area contributed by atoms with Crippen molar-refractivity contribution in [2.24, 2.45) is 0 Å². The quantitative estimate of drug-likeness (QED) is 0.382. The lowest BCUT2D eigenvalue weighted by atomic mass is 9.92. The summed E-state index contributed by atoms with van der Waals surface area (Å²) < 4.78 is 45.1. The molecule has 186 valence electrons. The van der Waals surface area contributed by atoms with Crippen molar-refractivity contribution in [1.29, 1.82) is 0 Å². The second-order valence-electron chi connectivity index (χ2n) is 8.79. The van der Waals surface area contributed by atoms with Gasteiger partial charge in [0.15, 0.2) is 11.6 Å². The van der Waals surface area contributed by atoms with Crippen molar-refractivity contribution < 1.29 is 23.1 Å². The molecule has 1 amide bonds. The number of imidazole rings is 1. The molecule has 2 heterocycles. The van der Waals surface area contributed by atoms with E-state index in [9.17, 15) is 23.1 Å². The number of rotatable bonds is 10. The largest absolute Gasteiger partial charge is 0.385 e. The van der Waals surface area contributed by atoms with Crippen LogP contribution in [0.1, 0.15) is 29.3 Å². The molecule has 4 rings (SSSR count). The van der Waals surface area contributed by atoms with E-state index in [1.807, 2.05) is 17.7 Å². The summed E-state index contributed by atoms with van der Waals surface area (Å²) in [5.41, 5.74) is -1.01. The maximum absolute atomic E-state index is 14.7. The molecule has 1 aliphatic heterocycles. The molecule has 0 spiro atoms. The maximum atomic E-state index is 14.7. The Labute approximate surface area is 201 Å². The monoisotopic (exact) mass is 487 g/mol. The van der Waals surface area contributed by atoms with Gasteiger partial charge in [-0.3, -0.25) is 4.79 Å². The first-order chi connectivity index (χ1) is 16.8. The van der Waals surface area contributed by atoms with Crippen LogP contribution < -0.4 is 10.6 Å². The van der Waals surface area contributed by atoms with Gasteiger partial charge < -0.3 is 25.2 Å². The highest BCUT2D eigenvalue weighted by molar-refractivity contribution is 6.01. The Kier molecular flexibility index (Phi) is 7.42. The third-order valence-corrected chi connectivity index (χ3v) is 6.07. The van der Waals surface area contributed by atoms with Crippen molar-refractivity contribution in [3.05, 3.63) is 77.6 Å². The lowest BCUT2D eigenvalue weighted by molar-refractivity contribution is -0.0784. The number of hydrogen-bond acceptors (Lipinski definition) is 5. The molecule has 1 aliphatic rings. The van der Waals surface area contributed by atoms with E-state index < -0.39 is 34.6 Å². The van der Waals surface area contributed by atoms with Gasteiger partial charge in [0.25, 0.3) is 5.91 Å². The Morgan fingerprint density at radius 1 is 1.17 bits per heavy atom. The minimum absolute atomic E-state index is 0.0400. The van der Waals surface area contributed by atoms with E-state index in [1.54, 1.807) is 18.6 Å². The molecule has 0 unspecified atom stereocenters. The minimum Gasteiger partial charge on any atom is -0.385 e. The smallest absolute Gasteiger partial charge is 0.256 e. The van der Waals surface area contributed by atoms with E-state index in [1.165, 1.54) is 17.0 Å². The average Bonchev–Trinajstić information content (AvgIpc) is 3.34. The maximum Gasteiger partial charge on any atom is 0.256 e. The van der Waals surface area contributed by atoms with E-state index in [0.717, 1.165) is 30.7 Å². The third kappa shape index (κ3) is 5.66. The second-order valence-corrected chi connectivity index (χ2v) is 8.79. The molecule has 0 saturated carbocycles. The summed E-state index contributed by atoms with van der Waals surface area (Å²) in [5.74, 6) is -3.65. The zero-order chi connectivity index (χ0) is 25.0. The van der Waals surface area contributed by atoms with Crippen molar-refractivity contribution in [2.45, 2.75) is 31.9 Å². The molecule has 1 saturated heterocycles. The van der Waals surface area contributed by atoms with Crippen LogP contribution in [0.5, 0.6) is 0 Å². The molecule has 0 aliphatic carbocycles. The first-order valence-electron chi connectivity index (χ1n) is 11.5. The van der Waals surface area contributed by atoms with E-state index in [0.29, 0.717) is 19.5 Å². The number of nitrogens with one attached hydrogen (secondary N) is 2. The standard InChI is InChI=1S/C25H28F3N5O2/c1-2-17-4-7-21(20(27)12-17)31-23-18(5-6-19(26)22(23)28)24(34)33-14-25(35,15-33)13-29-8-3-10-32-11-9-30-16-32/h4-7,9,11-12,16,29,31,35H,2-3,8,10,13-15H2,1H3. The molecule has 3 aromatic rings. The average molecular weight is 488 g/mol. The Morgan fingerprint density at radius 2 is 1.97 bits per heavy atom. The number of nitrogens with zero attached hydrogens (tertiary/aromatic N) is 3. The van der Waals surface area contributed by atoms with Gasteiger partial charge >= 0.3 is 0 Å². The number of β-amino-alcohol motifs (C(OH)–C–C–N with tert-alkyl or cyclic N) is 1. The SMILES string of the molecule is CCc1ccc(Nc2c(C(=O)N3CC(O)(CNCCCn4ccnc4)C3)ccc(F)c2F)c(F)c1. The van der Waals surface area contributed by atoms with E-state index >= 15 is 0 Å². The van der Waals surface area contributed by atoms with Gasteiger partial charge in [-0.15, -0.1) is 0 Å². The fraction of sp³-hybridized carbons (Fsp3) is 0.360. The van der Waals surface area contributed by atoms with Crippen LogP contribution in [0.15, 0.2) is 49.1 Å². The summed E-state index contributed by atoms with van der Waals surface area (Å²) in [7, 11) is 0. The molecule has 0 radical (unpaired) electrons. The zero-order valence-corrected chi connectivity index (χ0v) is 19.4. The van der Waals surface area contributed by atoms with Crippen molar-refractivity contribution in [3.8, 4) is 0 Å². The molecule has 3 N–H and O–H groups in total. The molecule has 2 aromatic carbocycles. The number of aromatic nitrogens is 2. The first-order valence-corrected chi connectivity index (χ1v) is 11.5. The fourth-order valence-corrected chi connectivity index (χ4v) is 4.08. The van der Waals surface area contributed by atoms with E-state index in [4.69, 9.17) is 0 Å². The topological polar surface area (TPSA) is 82.4 Å². The molecular weight excluding hydrogens is 459 g/mol. The molecule has 1 aromatic heterocycles. The van der Waals surface area contributed by atoms with Crippen LogP contribution in [0.4, 0.5) is 24.5 Å². The van der Waals surface area contributed by atoms with Gasteiger partial charge in [-0.05, 0) is 49.2 Å². The number of likely N-dealkylation sites (tertiary alicyclic amines) is 1. The van der Waals surface area contributed by atoms with Crippen LogP contribution >= 0.6 is 0 Å². The highest BCUT2D eigenvalue weighted by Gasteiger charge is 2.44. The van der Waals surface area contributed by atoms with E-state index in [-0.39, 0.29) is 24.3 Å². The number of halogens is 3. The van der Waals surface area contributed by atoms with Crippen LogP contribution in [0.3, 0.4) is 0 Å². The normalized spacial score (nSPS) is 14.6. The van der Waals surface area contributed by atoms with Crippen LogP contribution in [0, 0.1) is 17.5 Å². The fourth-order valence-electron chi connectivity index (χ4n) is 4.08. The molecule has 1 fully saturated rings. The van der Waals surface area contributed by atoms with Gasteiger partial charge in [-0.2, -0.15) is 0 Å². The number of aryl methyl sites for hydroxylation is 2. The van der Waals surface area contributed by atoms with Crippen LogP contribution in [0.2, 0.25) is 0 Å². The van der Waals surface area contributed by atoms with Gasteiger partial charge in [0.2, 0.25) is 0 Å². The lowest BCUT2D eigenvalue weighted by Gasteiger charge is -2.46. The van der Waals surface area contributed by atoms with Gasteiger partial charge in [0.05, 0.1) is 36.4 Å². The zero-order valence-electron chi connectivity index (χ0n) is 19.4. The highest BCUT2D eigenvalue weighted by Crippen LogP contribution is 2.31. The van der Waals surface area contributed by atoms with Crippen molar-refractivity contribution >= 4 is 17.3 Å². The summed E-state index contributed by atoms with van der Waals surface area (Å²) in [6, 6.07) is 6.42. The second kappa shape index (κ2) is 10.5. The summed E-state index contributed by atoms with van der Waals surface area (Å²) in [4.78, 5) is 18.4. The number of carbonyl (C=O) groups excluding carboxylic acids is 1. The van der Waals surface area contributed by atoms with Crippen molar-refractivity contribution in [1.82, 2.24) is 19.8 Å². The van der Waals surface area contributed by atoms with Crippen LogP contribution in [-0.4, -0.2) is 57.2 Å². The summed E-state index contributed by atoms with van der Waals surface area (Å²) >= 11 is 0. The molecule has 0 atom stereocenters. The number of anilines is 2. The highest BCUT2D eigenvalue weighted by atomic mass is 19.2. The minimum atomic E-state index is -1.27. The van der Waals surface area contributed by atoms with Gasteiger partial charge in [-0.1, -0.05) is 13.0 Å². The number of aliphatic hydroxyl groups is 1. The predicted octanol–water partition coefficient (Wildman–Crippen LogP) is 3.47. The summed E-state index contributed by atoms with van der Waals surface area (Å²) in [6.45, 7) is 3.71. The Bertz CT molecular complexity index is 1180. The van der Waals surface area contributed by atoms with Crippen LogP contribution in [0.25, 0.3) is 0 Å². The Hall–Kier alpha value is -3.37. The molecule has 0 bridgehead atoms. The summed E-state index contributed by atoms with van der Waals surface area (Å²) in [5, 5.41) is 16.4. The lowest BCUT2D eigenvalue weighted by Crippen LogP contribution is -2.67. The van der Waals surface area contributed by atoms with Crippen molar-refractivity contribution in [3.63, 3.8) is 0 Å². The molecule has 7 nitrogen and oxygen atoms in total. The number of amides is 1. The number of benzene rings is 2. The van der Waals surface area contributed by atoms with Crippen LogP contribution in [-0.2, 0) is 13.0 Å². The van der Waals surface area contributed by atoms with Gasteiger partial charge in [0, 0.05) is 25.5 Å². The van der Waals surface area contributed by atoms with Gasteiger partial charge in [0.1, 0.15) is 11.4 Å². The first kappa shape index (κ1) is 24.7. The Morgan fingerprint density at radius 3 is 2.66 bits per heavy atom. The van der Waals surface area contributed by atoms with Crippen molar-refractivity contribution in [2.75, 3.05) is 31.5 Å². The predicted molar refractivity (Wildman–Crippen MR) is 126 cm³/mol. The third-order valence-electron chi connectivity index (χ3n) is 6.07. The Balaban J connectivity index is 1.37. The number of hydrogen-bond donors (Lipinski definition) is 3. The molecule has 10 heteroatoms. The molecule has 35 heavy (non-hydrogen) atoms. The van der Waals surface area contributed by atoms with Gasteiger partial charge in [-0.25, -0.2) is 18.2 Å². The summed E-state index contributed by atoms with van der Waals surface area (Å²) in [6.07, 6.45) is 6.78. The molecular formula is C25H28F3N5O2.